The van der Waals surface area contributed by atoms with Crippen LogP contribution in [-0.4, -0.2) is 63.9 Å². The average molecular weight is 530 g/mol. The summed E-state index contributed by atoms with van der Waals surface area (Å²) in [7, 11) is 0. The summed E-state index contributed by atoms with van der Waals surface area (Å²) < 4.78 is 47.7. The van der Waals surface area contributed by atoms with Gasteiger partial charge in [-0.05, 0) is 68.0 Å². The number of ether oxygens (including phenoxy) is 1. The Labute approximate surface area is 220 Å². The lowest BCUT2D eigenvalue weighted by atomic mass is 9.96. The van der Waals surface area contributed by atoms with E-state index in [0.717, 1.165) is 61.6 Å². The van der Waals surface area contributed by atoms with E-state index in [1.54, 1.807) is 12.3 Å². The van der Waals surface area contributed by atoms with Gasteiger partial charge in [0.15, 0.2) is 5.11 Å². The normalized spacial score (nSPS) is 20.9. The first-order valence-corrected chi connectivity index (χ1v) is 12.8. The molecule has 2 atom stereocenters. The number of morpholine rings is 1. The summed E-state index contributed by atoms with van der Waals surface area (Å²) in [5.41, 5.74) is 3.44. The predicted molar refractivity (Wildman–Crippen MR) is 140 cm³/mol. The maximum absolute atomic E-state index is 13.4. The Morgan fingerprint density at radius 1 is 1.05 bits per heavy atom. The Bertz CT molecular complexity index is 1260. The van der Waals surface area contributed by atoms with Crippen molar-refractivity contribution in [3.05, 3.63) is 82.9 Å². The fourth-order valence-corrected chi connectivity index (χ4v) is 5.70. The van der Waals surface area contributed by atoms with Crippen LogP contribution < -0.4 is 5.32 Å². The van der Waals surface area contributed by atoms with Crippen molar-refractivity contribution < 1.29 is 17.9 Å². The average Bonchev–Trinajstić information content (AvgIpc) is 3.37. The first kappa shape index (κ1) is 25.7. The van der Waals surface area contributed by atoms with E-state index < -0.39 is 11.7 Å². The summed E-state index contributed by atoms with van der Waals surface area (Å²) >= 11 is 5.81. The van der Waals surface area contributed by atoms with Gasteiger partial charge >= 0.3 is 6.18 Å². The molecular weight excluding hydrogens is 499 g/mol. The molecule has 0 aliphatic carbocycles. The zero-order chi connectivity index (χ0) is 26.2. The largest absolute Gasteiger partial charge is 0.416 e. The Balaban J connectivity index is 1.53. The molecule has 6 nitrogen and oxygen atoms in total. The molecule has 4 heterocycles. The number of pyridine rings is 1. The van der Waals surface area contributed by atoms with Gasteiger partial charge in [-0.3, -0.25) is 9.88 Å². The summed E-state index contributed by atoms with van der Waals surface area (Å²) in [6.45, 7) is 8.64. The number of hydrogen-bond acceptors (Lipinski definition) is 4. The molecule has 3 aromatic rings. The molecule has 0 amide bonds. The van der Waals surface area contributed by atoms with Crippen molar-refractivity contribution in [2.24, 2.45) is 0 Å². The number of thiocarbonyl (C=S) groups is 1. The van der Waals surface area contributed by atoms with Crippen molar-refractivity contribution >= 4 is 17.3 Å². The van der Waals surface area contributed by atoms with E-state index >= 15 is 0 Å². The minimum Gasteiger partial charge on any atom is -0.379 e. The van der Waals surface area contributed by atoms with Crippen LogP contribution in [0.15, 0.2) is 54.7 Å². The molecule has 5 rings (SSSR count). The highest BCUT2D eigenvalue weighted by atomic mass is 32.1. The van der Waals surface area contributed by atoms with E-state index in [4.69, 9.17) is 17.0 Å². The monoisotopic (exact) mass is 529 g/mol. The molecule has 1 aromatic carbocycles. The zero-order valence-electron chi connectivity index (χ0n) is 20.8. The third kappa shape index (κ3) is 5.23. The fraction of sp³-hybridized carbons (Fsp3) is 0.407. The molecule has 2 aromatic heterocycles. The molecule has 0 spiro atoms. The first-order valence-electron chi connectivity index (χ1n) is 12.4. The quantitative estimate of drug-likeness (QED) is 0.463. The number of rotatable bonds is 6. The van der Waals surface area contributed by atoms with Gasteiger partial charge in [-0.15, -0.1) is 0 Å². The van der Waals surface area contributed by atoms with Crippen molar-refractivity contribution in [2.75, 3.05) is 39.4 Å². The molecule has 37 heavy (non-hydrogen) atoms. The van der Waals surface area contributed by atoms with Crippen LogP contribution in [0.5, 0.6) is 0 Å². The topological polar surface area (TPSA) is 45.6 Å². The predicted octanol–water partition coefficient (Wildman–Crippen LogP) is 4.81. The molecular formula is C27H30F3N5OS. The molecule has 2 aliphatic rings. The van der Waals surface area contributed by atoms with Crippen molar-refractivity contribution in [3.63, 3.8) is 0 Å². The van der Waals surface area contributed by atoms with Gasteiger partial charge in [0.05, 0.1) is 36.6 Å². The summed E-state index contributed by atoms with van der Waals surface area (Å²) in [5, 5.41) is 4.13. The Hall–Kier alpha value is -2.95. The maximum Gasteiger partial charge on any atom is 0.416 e. The van der Waals surface area contributed by atoms with Crippen LogP contribution in [0.25, 0.3) is 5.69 Å². The van der Waals surface area contributed by atoms with Gasteiger partial charge in [0.25, 0.3) is 0 Å². The van der Waals surface area contributed by atoms with Crippen LogP contribution in [-0.2, 0) is 10.9 Å². The van der Waals surface area contributed by atoms with E-state index in [0.29, 0.717) is 17.3 Å². The van der Waals surface area contributed by atoms with Crippen LogP contribution in [0.3, 0.4) is 0 Å². The second kappa shape index (κ2) is 10.4. The maximum atomic E-state index is 13.4. The van der Waals surface area contributed by atoms with Crippen molar-refractivity contribution in [2.45, 2.75) is 32.1 Å². The SMILES string of the molecule is Cc1cc([C@@H]2[C@@H](c3ccccn3)NC(=S)N2CCN2CCOCC2)c(C)n1-c1cccc(C(F)(F)F)c1. The highest BCUT2D eigenvalue weighted by Crippen LogP contribution is 2.41. The molecule has 2 fully saturated rings. The van der Waals surface area contributed by atoms with Crippen LogP contribution in [0.2, 0.25) is 0 Å². The Morgan fingerprint density at radius 3 is 2.54 bits per heavy atom. The minimum absolute atomic E-state index is 0.158. The van der Waals surface area contributed by atoms with Gasteiger partial charge < -0.3 is 19.5 Å². The van der Waals surface area contributed by atoms with Crippen LogP contribution in [0.4, 0.5) is 13.2 Å². The lowest BCUT2D eigenvalue weighted by Crippen LogP contribution is -2.42. The Morgan fingerprint density at radius 2 is 1.84 bits per heavy atom. The van der Waals surface area contributed by atoms with Gasteiger partial charge in [0.2, 0.25) is 0 Å². The van der Waals surface area contributed by atoms with Crippen molar-refractivity contribution in [3.8, 4) is 5.69 Å². The van der Waals surface area contributed by atoms with E-state index in [1.165, 1.54) is 12.1 Å². The molecule has 10 heteroatoms. The third-order valence-corrected chi connectivity index (χ3v) is 7.53. The van der Waals surface area contributed by atoms with Gasteiger partial charge in [-0.1, -0.05) is 12.1 Å². The third-order valence-electron chi connectivity index (χ3n) is 7.18. The lowest BCUT2D eigenvalue weighted by Gasteiger charge is -2.32. The first-order chi connectivity index (χ1) is 17.7. The number of aryl methyl sites for hydroxylation is 1. The number of nitrogens with one attached hydrogen (secondary N) is 1. The van der Waals surface area contributed by atoms with Gasteiger partial charge in [0, 0.05) is 49.5 Å². The zero-order valence-corrected chi connectivity index (χ0v) is 21.6. The summed E-state index contributed by atoms with van der Waals surface area (Å²) in [4.78, 5) is 9.16. The van der Waals surface area contributed by atoms with Crippen LogP contribution in [0, 0.1) is 13.8 Å². The highest BCUT2D eigenvalue weighted by Gasteiger charge is 2.41. The number of benzene rings is 1. The molecule has 196 valence electrons. The van der Waals surface area contributed by atoms with Crippen LogP contribution >= 0.6 is 12.2 Å². The number of halogens is 3. The molecule has 2 saturated heterocycles. The van der Waals surface area contributed by atoms with Crippen LogP contribution in [0.1, 0.15) is 40.3 Å². The fourth-order valence-electron chi connectivity index (χ4n) is 5.36. The van der Waals surface area contributed by atoms with E-state index in [1.807, 2.05) is 36.6 Å². The second-order valence-corrected chi connectivity index (χ2v) is 9.87. The minimum atomic E-state index is -4.41. The number of aromatic nitrogens is 2. The summed E-state index contributed by atoms with van der Waals surface area (Å²) in [5.74, 6) is 0. The summed E-state index contributed by atoms with van der Waals surface area (Å²) in [6.07, 6.45) is -2.64. The molecule has 0 saturated carbocycles. The second-order valence-electron chi connectivity index (χ2n) is 9.48. The number of alkyl halides is 3. The van der Waals surface area contributed by atoms with E-state index in [2.05, 4.69) is 26.2 Å². The van der Waals surface area contributed by atoms with Gasteiger partial charge in [-0.2, -0.15) is 13.2 Å². The number of nitrogens with zero attached hydrogens (tertiary/aromatic N) is 4. The molecule has 2 aliphatic heterocycles. The number of hydrogen-bond donors (Lipinski definition) is 1. The summed E-state index contributed by atoms with van der Waals surface area (Å²) in [6, 6.07) is 13.0. The van der Waals surface area contributed by atoms with Crippen molar-refractivity contribution in [1.29, 1.82) is 0 Å². The van der Waals surface area contributed by atoms with Gasteiger partial charge in [-0.25, -0.2) is 0 Å². The standard InChI is InChI=1S/C27H30F3N5OS/c1-18-16-22(19(2)35(18)21-7-5-6-20(17-21)27(28,29)30)25-24(23-8-3-4-9-31-23)32-26(37)34(25)11-10-33-12-14-36-15-13-33/h3-9,16-17,24-25H,10-15H2,1-2H3,(H,32,37)/t24-,25-/m1/s1. The molecule has 0 bridgehead atoms. The van der Waals surface area contributed by atoms with E-state index in [9.17, 15) is 13.2 Å². The molecule has 1 N–H and O–H groups in total. The van der Waals surface area contributed by atoms with E-state index in [-0.39, 0.29) is 12.1 Å². The Kier molecular flexibility index (Phi) is 7.24. The van der Waals surface area contributed by atoms with Gasteiger partial charge in [0.1, 0.15) is 0 Å². The molecule has 0 radical (unpaired) electrons. The lowest BCUT2D eigenvalue weighted by molar-refractivity contribution is -0.137. The van der Waals surface area contributed by atoms with Crippen molar-refractivity contribution in [1.82, 2.24) is 24.7 Å². The smallest absolute Gasteiger partial charge is 0.379 e. The highest BCUT2D eigenvalue weighted by molar-refractivity contribution is 7.80. The molecule has 0 unspecified atom stereocenters.